The van der Waals surface area contributed by atoms with Crippen molar-refractivity contribution in [3.05, 3.63) is 48.3 Å². The zero-order chi connectivity index (χ0) is 15.5. The van der Waals surface area contributed by atoms with Crippen molar-refractivity contribution in [1.82, 2.24) is 14.5 Å². The van der Waals surface area contributed by atoms with Crippen molar-refractivity contribution in [3.8, 4) is 0 Å². The zero-order valence-corrected chi connectivity index (χ0v) is 11.5. The molecule has 1 heterocycles. The van der Waals surface area contributed by atoms with Crippen molar-refractivity contribution in [2.45, 2.75) is 17.6 Å². The highest BCUT2D eigenvalue weighted by Crippen LogP contribution is 2.27. The van der Waals surface area contributed by atoms with Crippen molar-refractivity contribution in [2.75, 3.05) is 6.54 Å². The van der Waals surface area contributed by atoms with E-state index in [9.17, 15) is 21.6 Å². The van der Waals surface area contributed by atoms with E-state index >= 15 is 0 Å². The van der Waals surface area contributed by atoms with Crippen molar-refractivity contribution in [2.24, 2.45) is 0 Å². The van der Waals surface area contributed by atoms with Crippen molar-refractivity contribution < 1.29 is 21.6 Å². The molecule has 0 aliphatic carbocycles. The van der Waals surface area contributed by atoms with E-state index in [-0.39, 0.29) is 18.0 Å². The smallest absolute Gasteiger partial charge is 0.271 e. The van der Waals surface area contributed by atoms with Gasteiger partial charge in [0.15, 0.2) is 5.69 Å². The summed E-state index contributed by atoms with van der Waals surface area (Å²) in [5, 5.41) is 3.33. The number of nitrogens with zero attached hydrogens (tertiary/aromatic N) is 2. The van der Waals surface area contributed by atoms with Crippen molar-refractivity contribution >= 4 is 10.0 Å². The lowest BCUT2D eigenvalue weighted by Gasteiger charge is -2.07. The standard InChI is InChI=1S/C12H12F3N3O2S/c13-12(14,15)11-6-8-18(17-11)9-7-16-21(19,20)10-4-2-1-3-5-10/h1-6,8,16H,7,9H2. The number of sulfonamides is 1. The van der Waals surface area contributed by atoms with Crippen molar-refractivity contribution in [3.63, 3.8) is 0 Å². The summed E-state index contributed by atoms with van der Waals surface area (Å²) >= 11 is 0. The normalized spacial score (nSPS) is 12.5. The Balaban J connectivity index is 1.94. The Morgan fingerprint density at radius 3 is 2.38 bits per heavy atom. The molecule has 9 heteroatoms. The third-order valence-electron chi connectivity index (χ3n) is 2.62. The lowest BCUT2D eigenvalue weighted by molar-refractivity contribution is -0.141. The monoisotopic (exact) mass is 319 g/mol. The van der Waals surface area contributed by atoms with E-state index in [2.05, 4.69) is 9.82 Å². The topological polar surface area (TPSA) is 64.0 Å². The predicted molar refractivity (Wildman–Crippen MR) is 68.9 cm³/mol. The molecule has 2 rings (SSSR count). The predicted octanol–water partition coefficient (Wildman–Crippen LogP) is 1.88. The Hall–Kier alpha value is -1.87. The fourth-order valence-corrected chi connectivity index (χ4v) is 2.66. The number of rotatable bonds is 5. The first-order valence-electron chi connectivity index (χ1n) is 5.94. The Bertz CT molecular complexity index is 696. The van der Waals surface area contributed by atoms with Crippen LogP contribution in [-0.4, -0.2) is 24.7 Å². The molecule has 0 fully saturated rings. The highest BCUT2D eigenvalue weighted by molar-refractivity contribution is 7.89. The first-order valence-corrected chi connectivity index (χ1v) is 7.43. The summed E-state index contributed by atoms with van der Waals surface area (Å²) in [6.07, 6.45) is -3.35. The average molecular weight is 319 g/mol. The highest BCUT2D eigenvalue weighted by atomic mass is 32.2. The van der Waals surface area contributed by atoms with E-state index in [1.807, 2.05) is 0 Å². The lowest BCUT2D eigenvalue weighted by atomic mass is 10.4. The van der Waals surface area contributed by atoms with Gasteiger partial charge in [0.1, 0.15) is 0 Å². The molecule has 21 heavy (non-hydrogen) atoms. The first kappa shape index (κ1) is 15.5. The quantitative estimate of drug-likeness (QED) is 0.915. The van der Waals surface area contributed by atoms with Crippen LogP contribution in [0.25, 0.3) is 0 Å². The van der Waals surface area contributed by atoms with Crippen LogP contribution in [0.3, 0.4) is 0 Å². The summed E-state index contributed by atoms with van der Waals surface area (Å²) < 4.78 is 64.1. The number of benzene rings is 1. The van der Waals surface area contributed by atoms with Gasteiger partial charge in [-0.3, -0.25) is 4.68 Å². The molecule has 114 valence electrons. The average Bonchev–Trinajstić information content (AvgIpc) is 2.88. The van der Waals surface area contributed by atoms with Crippen LogP contribution in [0.4, 0.5) is 13.2 Å². The molecule has 0 spiro atoms. The minimum Gasteiger partial charge on any atom is -0.271 e. The molecule has 5 nitrogen and oxygen atoms in total. The van der Waals surface area contributed by atoms with Gasteiger partial charge in [-0.2, -0.15) is 18.3 Å². The van der Waals surface area contributed by atoms with Gasteiger partial charge in [-0.05, 0) is 18.2 Å². The second kappa shape index (κ2) is 5.86. The minimum atomic E-state index is -4.51. The molecule has 0 bridgehead atoms. The van der Waals surface area contributed by atoms with Crippen molar-refractivity contribution in [1.29, 1.82) is 0 Å². The van der Waals surface area contributed by atoms with Gasteiger partial charge >= 0.3 is 6.18 Å². The molecular formula is C12H12F3N3O2S. The van der Waals surface area contributed by atoms with E-state index in [4.69, 9.17) is 0 Å². The molecule has 0 saturated heterocycles. The molecule has 0 atom stereocenters. The molecule has 1 N–H and O–H groups in total. The summed E-state index contributed by atoms with van der Waals surface area (Å²) in [4.78, 5) is 0.0986. The zero-order valence-electron chi connectivity index (χ0n) is 10.7. The molecule has 0 radical (unpaired) electrons. The maximum Gasteiger partial charge on any atom is 0.435 e. The lowest BCUT2D eigenvalue weighted by Crippen LogP contribution is -2.27. The Kier molecular flexibility index (Phi) is 4.33. The first-order chi connectivity index (χ1) is 9.79. The molecule has 0 unspecified atom stereocenters. The summed E-state index contributed by atoms with van der Waals surface area (Å²) in [7, 11) is -3.67. The second-order valence-corrected chi connectivity index (χ2v) is 5.94. The molecular weight excluding hydrogens is 307 g/mol. The van der Waals surface area contributed by atoms with Gasteiger partial charge < -0.3 is 0 Å². The van der Waals surface area contributed by atoms with Gasteiger partial charge in [-0.25, -0.2) is 13.1 Å². The maximum atomic E-state index is 12.3. The molecule has 0 aliphatic heterocycles. The van der Waals surface area contributed by atoms with E-state index in [1.165, 1.54) is 12.1 Å². The number of hydrogen-bond donors (Lipinski definition) is 1. The fourth-order valence-electron chi connectivity index (χ4n) is 1.61. The molecule has 2 aromatic rings. The van der Waals surface area contributed by atoms with Crippen LogP contribution in [0.1, 0.15) is 5.69 Å². The number of hydrogen-bond acceptors (Lipinski definition) is 3. The molecule has 0 aliphatic rings. The number of alkyl halides is 3. The highest BCUT2D eigenvalue weighted by Gasteiger charge is 2.33. The van der Waals surface area contributed by atoms with Crippen LogP contribution in [-0.2, 0) is 22.7 Å². The third kappa shape index (κ3) is 4.05. The molecule has 0 amide bonds. The van der Waals surface area contributed by atoms with Gasteiger partial charge in [0, 0.05) is 12.7 Å². The maximum absolute atomic E-state index is 12.3. The van der Waals surface area contributed by atoms with Gasteiger partial charge in [0.05, 0.1) is 11.4 Å². The van der Waals surface area contributed by atoms with Gasteiger partial charge in [0.25, 0.3) is 0 Å². The van der Waals surface area contributed by atoms with E-state index in [1.54, 1.807) is 18.2 Å². The summed E-state index contributed by atoms with van der Waals surface area (Å²) in [6, 6.07) is 8.54. The second-order valence-electron chi connectivity index (χ2n) is 4.17. The van der Waals surface area contributed by atoms with Gasteiger partial charge in [0.2, 0.25) is 10.0 Å². The van der Waals surface area contributed by atoms with Crippen LogP contribution in [0, 0.1) is 0 Å². The molecule has 1 aromatic carbocycles. The molecule has 1 aromatic heterocycles. The van der Waals surface area contributed by atoms with Gasteiger partial charge in [-0.15, -0.1) is 0 Å². The summed E-state index contributed by atoms with van der Waals surface area (Å²) in [5.41, 5.74) is -1.01. The Morgan fingerprint density at radius 1 is 1.14 bits per heavy atom. The van der Waals surface area contributed by atoms with Crippen LogP contribution in [0.15, 0.2) is 47.5 Å². The largest absolute Gasteiger partial charge is 0.435 e. The Labute approximate surface area is 119 Å². The summed E-state index contributed by atoms with van der Waals surface area (Å²) in [6.45, 7) is -0.0572. The summed E-state index contributed by atoms with van der Waals surface area (Å²) in [5.74, 6) is 0. The van der Waals surface area contributed by atoms with Crippen LogP contribution < -0.4 is 4.72 Å². The SMILES string of the molecule is O=S(=O)(NCCn1ccc(C(F)(F)F)n1)c1ccccc1. The van der Waals surface area contributed by atoms with Crippen LogP contribution in [0.5, 0.6) is 0 Å². The van der Waals surface area contributed by atoms with Gasteiger partial charge in [-0.1, -0.05) is 18.2 Å². The van der Waals surface area contributed by atoms with Crippen LogP contribution >= 0.6 is 0 Å². The third-order valence-corrected chi connectivity index (χ3v) is 4.09. The van der Waals surface area contributed by atoms with E-state index in [0.717, 1.165) is 16.9 Å². The Morgan fingerprint density at radius 2 is 1.81 bits per heavy atom. The van der Waals surface area contributed by atoms with Crippen LogP contribution in [0.2, 0.25) is 0 Å². The number of halogens is 3. The van der Waals surface area contributed by atoms with E-state index < -0.39 is 21.9 Å². The fraction of sp³-hybridized carbons (Fsp3) is 0.250. The molecule has 0 saturated carbocycles. The minimum absolute atomic E-state index is 0.00213. The number of nitrogens with one attached hydrogen (secondary N) is 1. The van der Waals surface area contributed by atoms with E-state index in [0.29, 0.717) is 0 Å². The number of aromatic nitrogens is 2.